The number of alkyl halides is 1. The highest BCUT2D eigenvalue weighted by Gasteiger charge is 2.41. The molecule has 0 aromatic carbocycles. The van der Waals surface area contributed by atoms with Crippen molar-refractivity contribution in [2.24, 2.45) is 5.92 Å². The highest BCUT2D eigenvalue weighted by molar-refractivity contribution is 5.01. The van der Waals surface area contributed by atoms with Gasteiger partial charge in [0.2, 0.25) is 0 Å². The van der Waals surface area contributed by atoms with Crippen LogP contribution in [0, 0.1) is 5.92 Å². The molecule has 3 heteroatoms. The van der Waals surface area contributed by atoms with Gasteiger partial charge in [0.05, 0.1) is 6.67 Å². The van der Waals surface area contributed by atoms with E-state index in [1.165, 1.54) is 70.8 Å². The van der Waals surface area contributed by atoms with Crippen LogP contribution in [0.2, 0.25) is 0 Å². The molecule has 21 heavy (non-hydrogen) atoms. The summed E-state index contributed by atoms with van der Waals surface area (Å²) in [7, 11) is 0. The van der Waals surface area contributed by atoms with E-state index in [-0.39, 0.29) is 6.67 Å². The van der Waals surface area contributed by atoms with Crippen LogP contribution < -0.4 is 5.32 Å². The highest BCUT2D eigenvalue weighted by Crippen LogP contribution is 2.36. The minimum absolute atomic E-state index is 0.158. The summed E-state index contributed by atoms with van der Waals surface area (Å²) >= 11 is 0. The molecule has 2 saturated carbocycles. The molecule has 3 aliphatic rings. The van der Waals surface area contributed by atoms with Gasteiger partial charge >= 0.3 is 0 Å². The first-order valence-corrected chi connectivity index (χ1v) is 9.38. The molecule has 1 atom stereocenters. The summed E-state index contributed by atoms with van der Waals surface area (Å²) < 4.78 is 12.7. The van der Waals surface area contributed by atoms with Gasteiger partial charge in [-0.15, -0.1) is 0 Å². The van der Waals surface area contributed by atoms with E-state index in [9.17, 15) is 4.39 Å². The van der Waals surface area contributed by atoms with Gasteiger partial charge in [0, 0.05) is 31.2 Å². The lowest BCUT2D eigenvalue weighted by Gasteiger charge is -2.52. The average molecular weight is 296 g/mol. The van der Waals surface area contributed by atoms with E-state index in [1.54, 1.807) is 0 Å². The van der Waals surface area contributed by atoms with Crippen molar-refractivity contribution in [2.75, 3.05) is 26.3 Å². The van der Waals surface area contributed by atoms with Gasteiger partial charge in [-0.05, 0) is 38.0 Å². The number of hydrogen-bond donors (Lipinski definition) is 1. The van der Waals surface area contributed by atoms with E-state index in [4.69, 9.17) is 0 Å². The van der Waals surface area contributed by atoms with Crippen LogP contribution in [0.1, 0.15) is 70.6 Å². The zero-order valence-corrected chi connectivity index (χ0v) is 13.6. The molecule has 0 aromatic rings. The Balaban J connectivity index is 1.65. The van der Waals surface area contributed by atoms with Crippen molar-refractivity contribution in [3.63, 3.8) is 0 Å². The molecule has 3 rings (SSSR count). The summed E-state index contributed by atoms with van der Waals surface area (Å²) in [5.41, 5.74) is 0.361. The molecule has 1 unspecified atom stereocenters. The average Bonchev–Trinajstić information content (AvgIpc) is 2.55. The fourth-order valence-electron chi connectivity index (χ4n) is 5.07. The van der Waals surface area contributed by atoms with Crippen molar-refractivity contribution in [3.05, 3.63) is 0 Å². The number of rotatable bonds is 4. The molecule has 122 valence electrons. The van der Waals surface area contributed by atoms with Gasteiger partial charge in [-0.2, -0.15) is 0 Å². The first kappa shape index (κ1) is 15.7. The molecule has 3 fully saturated rings. The summed E-state index contributed by atoms with van der Waals surface area (Å²) in [4.78, 5) is 2.68. The maximum Gasteiger partial charge on any atom is 0.0906 e. The quantitative estimate of drug-likeness (QED) is 0.846. The minimum Gasteiger partial charge on any atom is -0.308 e. The van der Waals surface area contributed by atoms with E-state index >= 15 is 0 Å². The number of piperazine rings is 1. The Morgan fingerprint density at radius 3 is 2.43 bits per heavy atom. The molecule has 2 nitrogen and oxygen atoms in total. The molecule has 1 N–H and O–H groups in total. The highest BCUT2D eigenvalue weighted by atomic mass is 19.1. The summed E-state index contributed by atoms with van der Waals surface area (Å²) in [6.07, 6.45) is 14.6. The third-order valence-corrected chi connectivity index (χ3v) is 6.24. The fourth-order valence-corrected chi connectivity index (χ4v) is 5.07. The zero-order valence-electron chi connectivity index (χ0n) is 13.6. The maximum atomic E-state index is 12.7. The van der Waals surface area contributed by atoms with E-state index < -0.39 is 0 Å². The van der Waals surface area contributed by atoms with Crippen LogP contribution in [0.15, 0.2) is 0 Å². The molecule has 0 amide bonds. The molecule has 0 aromatic heterocycles. The van der Waals surface area contributed by atoms with Gasteiger partial charge in [-0.3, -0.25) is 9.29 Å². The first-order chi connectivity index (χ1) is 10.3. The van der Waals surface area contributed by atoms with Gasteiger partial charge < -0.3 is 5.32 Å². The predicted octanol–water partition coefficient (Wildman–Crippen LogP) is 3.90. The van der Waals surface area contributed by atoms with Gasteiger partial charge in [-0.25, -0.2) is 0 Å². The van der Waals surface area contributed by atoms with Gasteiger partial charge in [0.1, 0.15) is 0 Å². The lowest BCUT2D eigenvalue weighted by atomic mass is 9.76. The van der Waals surface area contributed by atoms with Crippen LogP contribution >= 0.6 is 0 Å². The summed E-state index contributed by atoms with van der Waals surface area (Å²) in [6, 6.07) is 0.671. The largest absolute Gasteiger partial charge is 0.308 e. The normalized spacial score (nSPS) is 31.6. The minimum atomic E-state index is -0.158. The second-order valence-electron chi connectivity index (χ2n) is 7.70. The Kier molecular flexibility index (Phi) is 5.55. The molecular formula is C18H33FN2. The topological polar surface area (TPSA) is 15.3 Å². The SMILES string of the molecule is FCCCN1CC2(CCCCC2)NCC1C1CCCCC1. The molecule has 1 saturated heterocycles. The molecule has 1 spiro atoms. The molecule has 2 aliphatic carbocycles. The van der Waals surface area contributed by atoms with Crippen molar-refractivity contribution in [2.45, 2.75) is 82.2 Å². The summed E-state index contributed by atoms with van der Waals surface area (Å²) in [6.45, 7) is 3.14. The molecule has 1 heterocycles. The second kappa shape index (κ2) is 7.41. The van der Waals surface area contributed by atoms with Crippen molar-refractivity contribution < 1.29 is 4.39 Å². The van der Waals surface area contributed by atoms with Gasteiger partial charge in [0.25, 0.3) is 0 Å². The van der Waals surface area contributed by atoms with E-state index in [1.807, 2.05) is 0 Å². The van der Waals surface area contributed by atoms with Crippen molar-refractivity contribution in [1.29, 1.82) is 0 Å². The summed E-state index contributed by atoms with van der Waals surface area (Å²) in [5.74, 6) is 0.854. The Bertz CT molecular complexity index is 308. The third-order valence-electron chi connectivity index (χ3n) is 6.24. The van der Waals surface area contributed by atoms with Crippen LogP contribution in [-0.2, 0) is 0 Å². The van der Waals surface area contributed by atoms with Crippen LogP contribution in [0.4, 0.5) is 4.39 Å². The van der Waals surface area contributed by atoms with E-state index in [0.29, 0.717) is 11.6 Å². The number of nitrogens with one attached hydrogen (secondary N) is 1. The van der Waals surface area contributed by atoms with Gasteiger partial charge in [-0.1, -0.05) is 38.5 Å². The standard InChI is InChI=1S/C18H33FN2/c19-12-7-13-21-15-18(10-5-2-6-11-18)20-14-17(21)16-8-3-1-4-9-16/h16-17,20H,1-15H2. The Morgan fingerprint density at radius 1 is 1.00 bits per heavy atom. The first-order valence-electron chi connectivity index (χ1n) is 9.38. The van der Waals surface area contributed by atoms with Crippen molar-refractivity contribution in [1.82, 2.24) is 10.2 Å². The van der Waals surface area contributed by atoms with Crippen molar-refractivity contribution >= 4 is 0 Å². The Labute approximate surface area is 129 Å². The van der Waals surface area contributed by atoms with E-state index in [0.717, 1.165) is 25.4 Å². The second-order valence-corrected chi connectivity index (χ2v) is 7.70. The zero-order chi connectivity index (χ0) is 14.5. The monoisotopic (exact) mass is 296 g/mol. The lowest BCUT2D eigenvalue weighted by Crippen LogP contribution is -2.66. The number of hydrogen-bond acceptors (Lipinski definition) is 2. The molecule has 0 radical (unpaired) electrons. The Morgan fingerprint density at radius 2 is 1.71 bits per heavy atom. The van der Waals surface area contributed by atoms with Crippen molar-refractivity contribution in [3.8, 4) is 0 Å². The van der Waals surface area contributed by atoms with Crippen LogP contribution in [0.3, 0.4) is 0 Å². The molecule has 1 aliphatic heterocycles. The predicted molar refractivity (Wildman–Crippen MR) is 86.3 cm³/mol. The number of nitrogens with zero attached hydrogens (tertiary/aromatic N) is 1. The molecular weight excluding hydrogens is 263 g/mol. The third kappa shape index (κ3) is 3.79. The fraction of sp³-hybridized carbons (Fsp3) is 1.00. The van der Waals surface area contributed by atoms with Crippen LogP contribution in [0.25, 0.3) is 0 Å². The molecule has 0 bridgehead atoms. The van der Waals surface area contributed by atoms with Crippen LogP contribution in [0.5, 0.6) is 0 Å². The maximum absolute atomic E-state index is 12.7. The smallest absolute Gasteiger partial charge is 0.0906 e. The van der Waals surface area contributed by atoms with E-state index in [2.05, 4.69) is 10.2 Å². The van der Waals surface area contributed by atoms with Gasteiger partial charge in [0.15, 0.2) is 0 Å². The number of halogens is 1. The Hall–Kier alpha value is -0.150. The lowest BCUT2D eigenvalue weighted by molar-refractivity contribution is 0.0193. The summed E-state index contributed by atoms with van der Waals surface area (Å²) in [5, 5.41) is 3.95. The van der Waals surface area contributed by atoms with Crippen LogP contribution in [-0.4, -0.2) is 42.8 Å².